The van der Waals surface area contributed by atoms with E-state index in [0.717, 1.165) is 0 Å². The molecular formula is C25H21N3O5. The number of carbonyl (C=O) groups excluding carboxylic acids is 3. The van der Waals surface area contributed by atoms with Gasteiger partial charge in [-0.05, 0) is 67.6 Å². The molecule has 0 aliphatic rings. The van der Waals surface area contributed by atoms with Gasteiger partial charge in [-0.1, -0.05) is 18.2 Å². The van der Waals surface area contributed by atoms with Gasteiger partial charge in [-0.25, -0.2) is 4.79 Å². The molecule has 0 aliphatic carbocycles. The van der Waals surface area contributed by atoms with E-state index in [1.54, 1.807) is 30.3 Å². The lowest BCUT2D eigenvalue weighted by molar-refractivity contribution is -0.123. The molecule has 2 N–H and O–H groups in total. The minimum atomic E-state index is -1.03. The smallest absolute Gasteiger partial charge is 0.338 e. The Morgan fingerprint density at radius 1 is 0.848 bits per heavy atom. The topological polar surface area (TPSA) is 118 Å². The molecule has 33 heavy (non-hydrogen) atoms. The van der Waals surface area contributed by atoms with E-state index in [4.69, 9.17) is 14.7 Å². The number of hydrogen-bond donors (Lipinski definition) is 2. The summed E-state index contributed by atoms with van der Waals surface area (Å²) < 4.78 is 10.9. The molecule has 8 heteroatoms. The van der Waals surface area contributed by atoms with E-state index in [1.165, 1.54) is 31.2 Å². The van der Waals surface area contributed by atoms with Crippen LogP contribution >= 0.6 is 0 Å². The van der Waals surface area contributed by atoms with Crippen molar-refractivity contribution in [1.29, 1.82) is 5.26 Å². The summed E-state index contributed by atoms with van der Waals surface area (Å²) >= 11 is 0. The van der Waals surface area contributed by atoms with Gasteiger partial charge in [-0.3, -0.25) is 9.59 Å². The zero-order valence-corrected chi connectivity index (χ0v) is 17.8. The zero-order valence-electron chi connectivity index (χ0n) is 17.8. The van der Waals surface area contributed by atoms with Crippen LogP contribution in [0.25, 0.3) is 0 Å². The number of amides is 2. The summed E-state index contributed by atoms with van der Waals surface area (Å²) in [5.41, 5.74) is 1.19. The first-order valence-corrected chi connectivity index (χ1v) is 10.1. The highest BCUT2D eigenvalue weighted by Gasteiger charge is 2.19. The number of benzene rings is 3. The lowest BCUT2D eigenvalue weighted by atomic mass is 10.2. The highest BCUT2D eigenvalue weighted by Crippen LogP contribution is 2.22. The Hall–Kier alpha value is -4.64. The van der Waals surface area contributed by atoms with Crippen molar-refractivity contribution in [2.24, 2.45) is 0 Å². The third-order valence-corrected chi connectivity index (χ3v) is 4.40. The van der Waals surface area contributed by atoms with E-state index < -0.39 is 23.9 Å². The minimum Gasteiger partial charge on any atom is -0.457 e. The van der Waals surface area contributed by atoms with Gasteiger partial charge in [0.2, 0.25) is 5.91 Å². The maximum absolute atomic E-state index is 12.4. The highest BCUT2D eigenvalue weighted by molar-refractivity contribution is 5.98. The van der Waals surface area contributed by atoms with Gasteiger partial charge in [-0.15, -0.1) is 0 Å². The number of rotatable bonds is 8. The van der Waals surface area contributed by atoms with E-state index in [9.17, 15) is 14.4 Å². The summed E-state index contributed by atoms with van der Waals surface area (Å²) in [5, 5.41) is 13.7. The third kappa shape index (κ3) is 6.94. The summed E-state index contributed by atoms with van der Waals surface area (Å²) in [6.07, 6.45) is -1.30. The van der Waals surface area contributed by atoms with Crippen LogP contribution in [0.3, 0.4) is 0 Å². The molecule has 0 aliphatic heterocycles. The van der Waals surface area contributed by atoms with E-state index in [-0.39, 0.29) is 12.0 Å². The summed E-state index contributed by atoms with van der Waals surface area (Å²) in [7, 11) is 0. The average Bonchev–Trinajstić information content (AvgIpc) is 2.81. The van der Waals surface area contributed by atoms with Crippen molar-refractivity contribution >= 4 is 29.2 Å². The molecule has 1 atom stereocenters. The Kier molecular flexibility index (Phi) is 7.76. The Morgan fingerprint density at radius 2 is 1.42 bits per heavy atom. The quantitative estimate of drug-likeness (QED) is 0.495. The standard InChI is InChI=1S/C25H21N3O5/c1-17(32-25(31)18-7-9-19(10-8-18)27-23(29)15-16-26)24(30)28-20-11-13-22(14-12-20)33-21-5-3-2-4-6-21/h2-14,17H,15H2,1H3,(H,27,29)(H,28,30)/t17-/m0/s1. The molecule has 0 fully saturated rings. The van der Waals surface area contributed by atoms with Gasteiger partial charge in [0.25, 0.3) is 5.91 Å². The monoisotopic (exact) mass is 443 g/mol. The van der Waals surface area contributed by atoms with Crippen LogP contribution in [0.2, 0.25) is 0 Å². The molecule has 0 saturated carbocycles. The lowest BCUT2D eigenvalue weighted by Crippen LogP contribution is -2.30. The van der Waals surface area contributed by atoms with Crippen molar-refractivity contribution in [1.82, 2.24) is 0 Å². The Balaban J connectivity index is 1.51. The molecule has 0 spiro atoms. The molecule has 0 aromatic heterocycles. The zero-order chi connectivity index (χ0) is 23.6. The molecule has 3 aromatic rings. The number of nitrogens with zero attached hydrogens (tertiary/aromatic N) is 1. The van der Waals surface area contributed by atoms with Crippen LogP contribution in [0.15, 0.2) is 78.9 Å². The maximum Gasteiger partial charge on any atom is 0.338 e. The van der Waals surface area contributed by atoms with Crippen molar-refractivity contribution in [3.63, 3.8) is 0 Å². The van der Waals surface area contributed by atoms with Crippen molar-refractivity contribution in [3.05, 3.63) is 84.4 Å². The number of nitriles is 1. The Bertz CT molecular complexity index is 1150. The molecule has 2 amide bonds. The Labute approximate surface area is 190 Å². The van der Waals surface area contributed by atoms with Crippen molar-refractivity contribution in [3.8, 4) is 17.6 Å². The molecule has 0 radical (unpaired) electrons. The fourth-order valence-electron chi connectivity index (χ4n) is 2.72. The van der Waals surface area contributed by atoms with Gasteiger partial charge < -0.3 is 20.1 Å². The Morgan fingerprint density at radius 3 is 2.06 bits per heavy atom. The third-order valence-electron chi connectivity index (χ3n) is 4.40. The normalized spacial score (nSPS) is 10.9. The van der Waals surface area contributed by atoms with Crippen molar-refractivity contribution < 1.29 is 23.9 Å². The van der Waals surface area contributed by atoms with Crippen LogP contribution in [0.4, 0.5) is 11.4 Å². The van der Waals surface area contributed by atoms with Gasteiger partial charge in [0.15, 0.2) is 6.10 Å². The molecule has 0 heterocycles. The van der Waals surface area contributed by atoms with Crippen molar-refractivity contribution in [2.75, 3.05) is 10.6 Å². The number of esters is 1. The number of carbonyl (C=O) groups is 3. The lowest BCUT2D eigenvalue weighted by Gasteiger charge is -2.14. The summed E-state index contributed by atoms with van der Waals surface area (Å²) in [5.74, 6) is -0.296. The molecular weight excluding hydrogens is 422 g/mol. The van der Waals surface area contributed by atoms with E-state index >= 15 is 0 Å². The van der Waals surface area contributed by atoms with Gasteiger partial charge in [0.1, 0.15) is 17.9 Å². The first-order valence-electron chi connectivity index (χ1n) is 10.1. The van der Waals surface area contributed by atoms with Gasteiger partial charge in [0.05, 0.1) is 11.6 Å². The van der Waals surface area contributed by atoms with Crippen LogP contribution in [-0.2, 0) is 14.3 Å². The molecule has 3 aromatic carbocycles. The van der Waals surface area contributed by atoms with E-state index in [0.29, 0.717) is 22.9 Å². The highest BCUT2D eigenvalue weighted by atomic mass is 16.5. The largest absolute Gasteiger partial charge is 0.457 e. The molecule has 0 unspecified atom stereocenters. The van der Waals surface area contributed by atoms with Crippen LogP contribution in [0, 0.1) is 11.3 Å². The molecule has 166 valence electrons. The van der Waals surface area contributed by atoms with E-state index in [1.807, 2.05) is 30.3 Å². The second-order valence-corrected chi connectivity index (χ2v) is 6.94. The second kappa shape index (κ2) is 11.1. The molecule has 8 nitrogen and oxygen atoms in total. The minimum absolute atomic E-state index is 0.218. The van der Waals surface area contributed by atoms with Crippen LogP contribution in [0.5, 0.6) is 11.5 Å². The molecule has 0 saturated heterocycles. The fraction of sp³-hybridized carbons (Fsp3) is 0.120. The second-order valence-electron chi connectivity index (χ2n) is 6.94. The predicted octanol–water partition coefficient (Wildman–Crippen LogP) is 4.52. The van der Waals surface area contributed by atoms with Gasteiger partial charge in [0, 0.05) is 11.4 Å². The average molecular weight is 443 g/mol. The van der Waals surface area contributed by atoms with E-state index in [2.05, 4.69) is 10.6 Å². The SMILES string of the molecule is C[C@H](OC(=O)c1ccc(NC(=O)CC#N)cc1)C(=O)Nc1ccc(Oc2ccccc2)cc1. The summed E-state index contributed by atoms with van der Waals surface area (Å²) in [6, 6.07) is 23.8. The van der Waals surface area contributed by atoms with Crippen LogP contribution < -0.4 is 15.4 Å². The molecule has 3 rings (SSSR count). The number of hydrogen-bond acceptors (Lipinski definition) is 6. The summed E-state index contributed by atoms with van der Waals surface area (Å²) in [4.78, 5) is 36.1. The predicted molar refractivity (Wildman–Crippen MR) is 122 cm³/mol. The molecule has 0 bridgehead atoms. The van der Waals surface area contributed by atoms with Gasteiger partial charge in [-0.2, -0.15) is 5.26 Å². The maximum atomic E-state index is 12.4. The number of ether oxygens (including phenoxy) is 2. The van der Waals surface area contributed by atoms with Crippen LogP contribution in [-0.4, -0.2) is 23.9 Å². The fourth-order valence-corrected chi connectivity index (χ4v) is 2.72. The summed E-state index contributed by atoms with van der Waals surface area (Å²) in [6.45, 7) is 1.47. The van der Waals surface area contributed by atoms with Crippen LogP contribution in [0.1, 0.15) is 23.7 Å². The number of para-hydroxylation sites is 1. The first kappa shape index (κ1) is 23.0. The van der Waals surface area contributed by atoms with Gasteiger partial charge >= 0.3 is 5.97 Å². The number of anilines is 2. The first-order chi connectivity index (χ1) is 15.9. The van der Waals surface area contributed by atoms with Crippen molar-refractivity contribution in [2.45, 2.75) is 19.4 Å². The number of nitrogens with one attached hydrogen (secondary N) is 2.